The summed E-state index contributed by atoms with van der Waals surface area (Å²) in [6.45, 7) is 10.7. The molecule has 0 aliphatic carbocycles. The highest BCUT2D eigenvalue weighted by atomic mass is 32.2. The molecule has 2 aliphatic heterocycles. The number of hydrogen-bond acceptors (Lipinski definition) is 3. The van der Waals surface area contributed by atoms with Crippen molar-refractivity contribution in [3.63, 3.8) is 0 Å². The fraction of sp³-hybridized carbons (Fsp3) is 1.00. The van der Waals surface area contributed by atoms with Crippen LogP contribution in [0.3, 0.4) is 0 Å². The Balaban J connectivity index is 1.93. The van der Waals surface area contributed by atoms with E-state index in [9.17, 15) is 8.42 Å². The smallest absolute Gasteiger partial charge is 0.216 e. The minimum atomic E-state index is -3.05. The SMILES string of the molecule is CCN1CCC2(CC1)CCN(S(=O)(=O)C(C)C)CC2. The monoisotopic (exact) mass is 288 g/mol. The molecular formula is C14H28N2O2S. The van der Waals surface area contributed by atoms with E-state index in [-0.39, 0.29) is 5.25 Å². The molecular weight excluding hydrogens is 260 g/mol. The molecule has 0 aromatic rings. The van der Waals surface area contributed by atoms with Gasteiger partial charge < -0.3 is 4.90 Å². The molecule has 0 radical (unpaired) electrons. The van der Waals surface area contributed by atoms with E-state index in [2.05, 4.69) is 11.8 Å². The van der Waals surface area contributed by atoms with Crippen molar-refractivity contribution in [1.82, 2.24) is 9.21 Å². The molecule has 4 nitrogen and oxygen atoms in total. The van der Waals surface area contributed by atoms with Crippen LogP contribution in [0.2, 0.25) is 0 Å². The molecule has 1 spiro atoms. The number of hydrogen-bond donors (Lipinski definition) is 0. The average Bonchev–Trinajstić information content (AvgIpc) is 2.40. The van der Waals surface area contributed by atoms with Crippen molar-refractivity contribution in [2.45, 2.75) is 51.7 Å². The number of rotatable bonds is 3. The second-order valence-electron chi connectivity index (χ2n) is 6.43. The van der Waals surface area contributed by atoms with Crippen LogP contribution in [0, 0.1) is 5.41 Å². The molecule has 0 aromatic carbocycles. The maximum Gasteiger partial charge on any atom is 0.216 e. The third kappa shape index (κ3) is 3.14. The van der Waals surface area contributed by atoms with Crippen LogP contribution in [-0.4, -0.2) is 55.6 Å². The molecule has 0 bridgehead atoms. The molecule has 112 valence electrons. The normalized spacial score (nSPS) is 26.1. The molecule has 0 atom stereocenters. The van der Waals surface area contributed by atoms with Crippen LogP contribution >= 0.6 is 0 Å². The summed E-state index contributed by atoms with van der Waals surface area (Å²) in [5.74, 6) is 0. The van der Waals surface area contributed by atoms with Crippen LogP contribution < -0.4 is 0 Å². The Hall–Kier alpha value is -0.130. The first kappa shape index (κ1) is 15.3. The highest BCUT2D eigenvalue weighted by Gasteiger charge is 2.40. The van der Waals surface area contributed by atoms with E-state index in [4.69, 9.17) is 0 Å². The van der Waals surface area contributed by atoms with Gasteiger partial charge in [-0.1, -0.05) is 6.92 Å². The molecule has 0 unspecified atom stereocenters. The summed E-state index contributed by atoms with van der Waals surface area (Å²) in [7, 11) is -3.05. The predicted octanol–water partition coefficient (Wildman–Crippen LogP) is 1.92. The zero-order valence-electron chi connectivity index (χ0n) is 12.6. The first-order chi connectivity index (χ1) is 8.89. The van der Waals surface area contributed by atoms with Crippen LogP contribution in [0.4, 0.5) is 0 Å². The van der Waals surface area contributed by atoms with Gasteiger partial charge in [-0.15, -0.1) is 0 Å². The molecule has 2 rings (SSSR count). The molecule has 0 saturated carbocycles. The summed E-state index contributed by atoms with van der Waals surface area (Å²) >= 11 is 0. The number of nitrogens with zero attached hydrogens (tertiary/aromatic N) is 2. The highest BCUT2D eigenvalue weighted by molar-refractivity contribution is 7.89. The molecule has 2 heterocycles. The maximum atomic E-state index is 12.2. The molecule has 2 fully saturated rings. The van der Waals surface area contributed by atoms with E-state index in [0.29, 0.717) is 5.41 Å². The quantitative estimate of drug-likeness (QED) is 0.796. The summed E-state index contributed by atoms with van der Waals surface area (Å²) in [6.07, 6.45) is 4.60. The van der Waals surface area contributed by atoms with Crippen molar-refractivity contribution in [3.05, 3.63) is 0 Å². The summed E-state index contributed by atoms with van der Waals surface area (Å²) in [6, 6.07) is 0. The van der Waals surface area contributed by atoms with Crippen molar-refractivity contribution >= 4 is 10.0 Å². The van der Waals surface area contributed by atoms with Crippen LogP contribution in [0.5, 0.6) is 0 Å². The molecule has 2 aliphatic rings. The van der Waals surface area contributed by atoms with Crippen molar-refractivity contribution in [2.75, 3.05) is 32.7 Å². The molecule has 5 heteroatoms. The van der Waals surface area contributed by atoms with Gasteiger partial charge in [0.15, 0.2) is 0 Å². The van der Waals surface area contributed by atoms with Crippen LogP contribution in [0.1, 0.15) is 46.5 Å². The van der Waals surface area contributed by atoms with Crippen LogP contribution in [-0.2, 0) is 10.0 Å². The van der Waals surface area contributed by atoms with E-state index in [1.165, 1.54) is 25.9 Å². The van der Waals surface area contributed by atoms with Gasteiger partial charge in [0.1, 0.15) is 0 Å². The highest BCUT2D eigenvalue weighted by Crippen LogP contribution is 2.41. The standard InChI is InChI=1S/C14H28N2O2S/c1-4-15-9-5-14(6-10-15)7-11-16(12-8-14)19(17,18)13(2)3/h13H,4-12H2,1-3H3. The fourth-order valence-corrected chi connectivity index (χ4v) is 4.64. The largest absolute Gasteiger partial charge is 0.304 e. The lowest BCUT2D eigenvalue weighted by molar-refractivity contribution is 0.0584. The van der Waals surface area contributed by atoms with Gasteiger partial charge in [-0.2, -0.15) is 0 Å². The minimum absolute atomic E-state index is 0.288. The topological polar surface area (TPSA) is 40.6 Å². The fourth-order valence-electron chi connectivity index (χ4n) is 3.36. The lowest BCUT2D eigenvalue weighted by atomic mass is 9.71. The minimum Gasteiger partial charge on any atom is -0.304 e. The van der Waals surface area contributed by atoms with Crippen LogP contribution in [0.15, 0.2) is 0 Å². The van der Waals surface area contributed by atoms with E-state index in [1.807, 2.05) is 0 Å². The maximum absolute atomic E-state index is 12.2. The summed E-state index contributed by atoms with van der Waals surface area (Å²) < 4.78 is 26.1. The zero-order valence-corrected chi connectivity index (χ0v) is 13.4. The number of sulfonamides is 1. The van der Waals surface area contributed by atoms with E-state index in [1.54, 1.807) is 18.2 Å². The van der Waals surface area contributed by atoms with Crippen molar-refractivity contribution in [2.24, 2.45) is 5.41 Å². The lowest BCUT2D eigenvalue weighted by Gasteiger charge is -2.46. The van der Waals surface area contributed by atoms with Gasteiger partial charge in [-0.05, 0) is 64.6 Å². The van der Waals surface area contributed by atoms with E-state index in [0.717, 1.165) is 32.5 Å². The number of piperidine rings is 2. The first-order valence-corrected chi connectivity index (χ1v) is 9.11. The van der Waals surface area contributed by atoms with Gasteiger partial charge >= 0.3 is 0 Å². The van der Waals surface area contributed by atoms with Gasteiger partial charge in [0.05, 0.1) is 5.25 Å². The predicted molar refractivity (Wildman–Crippen MR) is 78.6 cm³/mol. The van der Waals surface area contributed by atoms with Crippen molar-refractivity contribution < 1.29 is 8.42 Å². The molecule has 0 amide bonds. The zero-order chi connectivity index (χ0) is 14.1. The van der Waals surface area contributed by atoms with Gasteiger partial charge in [0, 0.05) is 13.1 Å². The Labute approximate surface area is 118 Å². The van der Waals surface area contributed by atoms with Crippen LogP contribution in [0.25, 0.3) is 0 Å². The molecule has 0 aromatic heterocycles. The Morgan fingerprint density at radius 1 is 1.00 bits per heavy atom. The van der Waals surface area contributed by atoms with Gasteiger partial charge in [0.25, 0.3) is 0 Å². The second-order valence-corrected chi connectivity index (χ2v) is 8.92. The third-order valence-electron chi connectivity index (χ3n) is 5.10. The Morgan fingerprint density at radius 2 is 1.47 bits per heavy atom. The second kappa shape index (κ2) is 5.70. The molecule has 2 saturated heterocycles. The van der Waals surface area contributed by atoms with Gasteiger partial charge in [-0.3, -0.25) is 0 Å². The van der Waals surface area contributed by atoms with E-state index < -0.39 is 10.0 Å². The lowest BCUT2D eigenvalue weighted by Crippen LogP contribution is -2.49. The first-order valence-electron chi connectivity index (χ1n) is 7.61. The van der Waals surface area contributed by atoms with E-state index >= 15 is 0 Å². The Kier molecular flexibility index (Phi) is 4.58. The van der Waals surface area contributed by atoms with Gasteiger partial charge in [0.2, 0.25) is 10.0 Å². The van der Waals surface area contributed by atoms with Crippen molar-refractivity contribution in [3.8, 4) is 0 Å². The molecule has 19 heavy (non-hydrogen) atoms. The summed E-state index contributed by atoms with van der Waals surface area (Å²) in [4.78, 5) is 2.50. The Morgan fingerprint density at radius 3 is 1.89 bits per heavy atom. The average molecular weight is 288 g/mol. The molecule has 0 N–H and O–H groups in total. The summed E-state index contributed by atoms with van der Waals surface area (Å²) in [5.41, 5.74) is 0.425. The Bertz CT molecular complexity index is 388. The number of likely N-dealkylation sites (tertiary alicyclic amines) is 1. The summed E-state index contributed by atoms with van der Waals surface area (Å²) in [5, 5.41) is -0.288. The third-order valence-corrected chi connectivity index (χ3v) is 7.38. The van der Waals surface area contributed by atoms with Gasteiger partial charge in [-0.25, -0.2) is 12.7 Å². The van der Waals surface area contributed by atoms with Crippen molar-refractivity contribution in [1.29, 1.82) is 0 Å².